The van der Waals surface area contributed by atoms with Crippen molar-refractivity contribution < 1.29 is 28.6 Å². The van der Waals surface area contributed by atoms with Crippen molar-refractivity contribution in [1.29, 1.82) is 0 Å². The Bertz CT molecular complexity index is 1520. The van der Waals surface area contributed by atoms with E-state index in [9.17, 15) is 0 Å². The molecule has 0 aliphatic carbocycles. The molecule has 4 aromatic rings. The van der Waals surface area contributed by atoms with E-state index in [0.29, 0.717) is 28.3 Å². The van der Waals surface area contributed by atoms with Gasteiger partial charge in [0.15, 0.2) is 0 Å². The van der Waals surface area contributed by atoms with E-state index >= 15 is 0 Å². The van der Waals surface area contributed by atoms with E-state index in [2.05, 4.69) is 41.2 Å². The van der Waals surface area contributed by atoms with Gasteiger partial charge < -0.3 is 14.4 Å². The van der Waals surface area contributed by atoms with E-state index in [0.717, 1.165) is 23.1 Å². The molecule has 1 atom stereocenters. The van der Waals surface area contributed by atoms with Crippen LogP contribution in [-0.4, -0.2) is 10.7 Å². The quantitative estimate of drug-likeness (QED) is 0.209. The average molecular weight is 654 g/mol. The average Bonchev–Trinajstić information content (AvgIpc) is 3.01. The van der Waals surface area contributed by atoms with Crippen LogP contribution in [-0.2, 0) is 20.1 Å². The van der Waals surface area contributed by atoms with Crippen LogP contribution in [0.4, 0.5) is 0 Å². The standard InChI is InChI=1S/C20H18NO.C12H12N.Ir/c1-15(2)17-11-12-19(21-13-17)18-9-4-3-7-16-8-5-6-10-20(16)22-14-18;1-10-7-8-13-12(9-10)11-5-3-2-4-6-11;/h3-8,10-15H,1-2H3;2-5,7-8,10H,9H2,1H3;/q2*-1;/i11D,12D,15D;;. The van der Waals surface area contributed by atoms with Gasteiger partial charge >= 0.3 is 0 Å². The van der Waals surface area contributed by atoms with E-state index in [-0.39, 0.29) is 32.2 Å². The maximum atomic E-state index is 8.28. The number of pyridine rings is 1. The number of hydrogen-bond donors (Lipinski definition) is 0. The van der Waals surface area contributed by atoms with Gasteiger partial charge in [0.1, 0.15) is 5.58 Å². The van der Waals surface area contributed by atoms with E-state index in [4.69, 9.17) is 8.53 Å². The third-order valence-corrected chi connectivity index (χ3v) is 5.45. The molecule has 3 nitrogen and oxygen atoms in total. The Balaban J connectivity index is 0.000000253. The van der Waals surface area contributed by atoms with Gasteiger partial charge in [-0.1, -0.05) is 68.8 Å². The van der Waals surface area contributed by atoms with Crippen LogP contribution in [0.3, 0.4) is 0 Å². The van der Waals surface area contributed by atoms with Crippen LogP contribution in [0.1, 0.15) is 48.3 Å². The van der Waals surface area contributed by atoms with Crippen molar-refractivity contribution in [1.82, 2.24) is 4.98 Å². The minimum atomic E-state index is -0.983. The van der Waals surface area contributed by atoms with Crippen LogP contribution >= 0.6 is 0 Å². The Kier molecular flexibility index (Phi) is 8.77. The van der Waals surface area contributed by atoms with Gasteiger partial charge in [-0.2, -0.15) is 0 Å². The Morgan fingerprint density at radius 2 is 1.75 bits per heavy atom. The van der Waals surface area contributed by atoms with Gasteiger partial charge in [0.05, 0.1) is 2.74 Å². The third-order valence-electron chi connectivity index (χ3n) is 5.45. The molecule has 0 N–H and O–H groups in total. The molecular weight excluding hydrogens is 621 g/mol. The molecular formula is C32H30IrN2O-2. The number of aliphatic imine (C=N–C) groups is 1. The van der Waals surface area contributed by atoms with E-state index < -0.39 is 5.89 Å². The molecule has 0 saturated carbocycles. The zero-order chi connectivity index (χ0) is 27.1. The number of nitrogens with zero attached hydrogens (tertiary/aromatic N) is 2. The normalized spacial score (nSPS) is 15.7. The molecule has 2 aromatic heterocycles. The molecule has 36 heavy (non-hydrogen) atoms. The van der Waals surface area contributed by atoms with Crippen LogP contribution in [0.25, 0.3) is 22.2 Å². The Hall–Kier alpha value is -3.33. The first-order valence-corrected chi connectivity index (χ1v) is 11.6. The minimum absolute atomic E-state index is 0. The topological polar surface area (TPSA) is 38.4 Å². The van der Waals surface area contributed by atoms with Crippen molar-refractivity contribution in [3.63, 3.8) is 0 Å². The molecule has 0 spiro atoms. The van der Waals surface area contributed by atoms with E-state index in [1.807, 2.05) is 60.8 Å². The monoisotopic (exact) mass is 654 g/mol. The Morgan fingerprint density at radius 3 is 2.53 bits per heavy atom. The molecule has 0 amide bonds. The van der Waals surface area contributed by atoms with Crippen LogP contribution in [0.15, 0.2) is 113 Å². The number of fused-ring (bicyclic) bond motifs is 1. The fraction of sp³-hybridized carbons (Fsp3) is 0.188. The van der Waals surface area contributed by atoms with Gasteiger partial charge in [-0.15, -0.1) is 54.1 Å². The molecule has 1 aliphatic rings. The molecule has 0 fully saturated rings. The van der Waals surface area contributed by atoms with Gasteiger partial charge in [0.2, 0.25) is 0 Å². The van der Waals surface area contributed by atoms with Crippen LogP contribution in [0.5, 0.6) is 0 Å². The first-order chi connectivity index (χ1) is 18.2. The number of para-hydroxylation sites is 1. The number of benzene rings is 2. The second kappa shape index (κ2) is 13.7. The number of rotatable bonds is 3. The number of allylic oxidation sites excluding steroid dienone is 1. The number of hydrogen-bond acceptors (Lipinski definition) is 3. The molecule has 4 heteroatoms. The van der Waals surface area contributed by atoms with Gasteiger partial charge in [-0.05, 0) is 41.3 Å². The van der Waals surface area contributed by atoms with Crippen molar-refractivity contribution in [2.75, 3.05) is 0 Å². The molecule has 1 aliphatic heterocycles. The molecule has 5 rings (SSSR count). The minimum Gasteiger partial charge on any atom is -0.508 e. The zero-order valence-corrected chi connectivity index (χ0v) is 23.0. The zero-order valence-electron chi connectivity index (χ0n) is 23.6. The van der Waals surface area contributed by atoms with E-state index in [1.54, 1.807) is 19.9 Å². The predicted molar refractivity (Wildman–Crippen MR) is 145 cm³/mol. The summed E-state index contributed by atoms with van der Waals surface area (Å²) in [4.78, 5) is 8.66. The summed E-state index contributed by atoms with van der Waals surface area (Å²) in [7, 11) is 0. The summed E-state index contributed by atoms with van der Waals surface area (Å²) in [6.07, 6.45) is 8.03. The third kappa shape index (κ3) is 7.58. The largest absolute Gasteiger partial charge is 0.508 e. The predicted octanol–water partition coefficient (Wildman–Crippen LogP) is 8.37. The van der Waals surface area contributed by atoms with E-state index in [1.165, 1.54) is 12.5 Å². The molecule has 3 heterocycles. The second-order valence-electron chi connectivity index (χ2n) is 8.50. The molecule has 1 radical (unpaired) electrons. The fourth-order valence-corrected chi connectivity index (χ4v) is 3.46. The first-order valence-electron chi connectivity index (χ1n) is 13.1. The van der Waals surface area contributed by atoms with Crippen molar-refractivity contribution >= 4 is 16.7 Å². The van der Waals surface area contributed by atoms with Crippen LogP contribution < -0.4 is 0 Å². The second-order valence-corrected chi connectivity index (χ2v) is 8.50. The van der Waals surface area contributed by atoms with Crippen molar-refractivity contribution in [2.24, 2.45) is 10.9 Å². The van der Waals surface area contributed by atoms with Gasteiger partial charge in [-0.25, -0.2) is 0 Å². The summed E-state index contributed by atoms with van der Waals surface area (Å²) in [5.74, 6) is -0.385. The molecule has 2 aromatic carbocycles. The number of aromatic nitrogens is 1. The smallest absolute Gasteiger partial charge is 0.120 e. The summed E-state index contributed by atoms with van der Waals surface area (Å²) in [5, 5.41) is 0.935. The van der Waals surface area contributed by atoms with Crippen molar-refractivity contribution in [3.05, 3.63) is 127 Å². The van der Waals surface area contributed by atoms with Gasteiger partial charge in [0, 0.05) is 45.5 Å². The van der Waals surface area contributed by atoms with Crippen molar-refractivity contribution in [2.45, 2.75) is 33.1 Å². The summed E-state index contributed by atoms with van der Waals surface area (Å²) in [6.45, 7) is 5.56. The van der Waals surface area contributed by atoms with Crippen LogP contribution in [0.2, 0.25) is 0 Å². The maximum Gasteiger partial charge on any atom is 0.120 e. The maximum absolute atomic E-state index is 8.28. The molecule has 0 bridgehead atoms. The van der Waals surface area contributed by atoms with Crippen LogP contribution in [0, 0.1) is 18.1 Å². The molecule has 0 saturated heterocycles. The Labute approximate surface area is 231 Å². The van der Waals surface area contributed by atoms with Gasteiger partial charge in [-0.3, -0.25) is 0 Å². The van der Waals surface area contributed by atoms with Crippen molar-refractivity contribution in [3.8, 4) is 11.3 Å². The molecule has 185 valence electrons. The van der Waals surface area contributed by atoms with Gasteiger partial charge in [0.25, 0.3) is 0 Å². The SMILES string of the molecule is CC1C=CN=C(c2[c-]cccc2)C1.[2H]c1c(C([2H])(C)C)cnc(-c2[c-]cccc3ccccc3oc2)c1[2H].[Ir]. The molecule has 1 unspecified atom stereocenters. The summed E-state index contributed by atoms with van der Waals surface area (Å²) >= 11 is 0. The summed E-state index contributed by atoms with van der Waals surface area (Å²) in [6, 6.07) is 27.3. The fourth-order valence-electron chi connectivity index (χ4n) is 3.46. The Morgan fingerprint density at radius 1 is 1.00 bits per heavy atom. The summed E-state index contributed by atoms with van der Waals surface area (Å²) < 4.78 is 30.3. The summed E-state index contributed by atoms with van der Waals surface area (Å²) in [5.41, 5.74) is 4.17. The first kappa shape index (κ1) is 23.1.